The Labute approximate surface area is 141 Å². The van der Waals surface area contributed by atoms with Crippen LogP contribution in [0.15, 0.2) is 36.5 Å². The zero-order valence-electron chi connectivity index (χ0n) is 13.0. The molecule has 0 aliphatic carbocycles. The quantitative estimate of drug-likeness (QED) is 0.451. The average molecular weight is 353 g/mol. The van der Waals surface area contributed by atoms with Crippen LogP contribution in [-0.4, -0.2) is 17.9 Å². The van der Waals surface area contributed by atoms with E-state index in [9.17, 15) is 29.7 Å². The third kappa shape index (κ3) is 20.5. The second-order valence-corrected chi connectivity index (χ2v) is 3.73. The number of rotatable bonds is 6. The van der Waals surface area contributed by atoms with Gasteiger partial charge in [0.15, 0.2) is 0 Å². The van der Waals surface area contributed by atoms with Gasteiger partial charge in [0.1, 0.15) is 0 Å². The molecule has 0 aromatic rings. The largest absolute Gasteiger partial charge is 3.00 e. The predicted molar refractivity (Wildman–Crippen MR) is 73.3 cm³/mol. The number of hydrogen-bond donors (Lipinski definition) is 0. The zero-order chi connectivity index (χ0) is 17.6. The van der Waals surface area contributed by atoms with Crippen LogP contribution in [0.5, 0.6) is 0 Å². The summed E-state index contributed by atoms with van der Waals surface area (Å²) in [4.78, 5) is 29.2. The summed E-state index contributed by atoms with van der Waals surface area (Å²) in [6, 6.07) is 0. The minimum Gasteiger partial charge on any atom is -0.545 e. The van der Waals surface area contributed by atoms with Gasteiger partial charge in [0.05, 0.1) is 17.9 Å². The van der Waals surface area contributed by atoms with Crippen molar-refractivity contribution in [3.63, 3.8) is 0 Å². The number of aliphatic carboxylic acids is 3. The van der Waals surface area contributed by atoms with Crippen molar-refractivity contribution in [1.82, 2.24) is 0 Å². The summed E-state index contributed by atoms with van der Waals surface area (Å²) in [5.41, 5.74) is 0.458. The van der Waals surface area contributed by atoms with Gasteiger partial charge < -0.3 is 29.7 Å². The van der Waals surface area contributed by atoms with Gasteiger partial charge >= 0.3 is 17.1 Å². The molecule has 1 radical (unpaired) electrons. The van der Waals surface area contributed by atoms with Crippen LogP contribution in [0.1, 0.15) is 40.0 Å². The molecule has 7 heteroatoms. The first-order chi connectivity index (χ1) is 9.54. The zero-order valence-corrected chi connectivity index (χ0v) is 14.1. The fourth-order valence-corrected chi connectivity index (χ4v) is 0.433. The number of hydrogen-bond acceptors (Lipinski definition) is 6. The Morgan fingerprint density at radius 2 is 0.773 bits per heavy atom. The summed E-state index contributed by atoms with van der Waals surface area (Å²) >= 11 is 0. The first-order valence-electron chi connectivity index (χ1n) is 6.22. The molecule has 6 nitrogen and oxygen atoms in total. The smallest absolute Gasteiger partial charge is 0.545 e. The summed E-state index contributed by atoms with van der Waals surface area (Å²) in [7, 11) is 0. The molecule has 0 amide bonds. The second kappa shape index (κ2) is 17.2. The molecule has 0 spiro atoms. The Balaban J connectivity index is -0.000000108. The van der Waals surface area contributed by atoms with Crippen LogP contribution >= 0.6 is 0 Å². The van der Waals surface area contributed by atoms with Gasteiger partial charge in [0.2, 0.25) is 0 Å². The Hall–Kier alpha value is -1.85. The van der Waals surface area contributed by atoms with Crippen LogP contribution in [0.25, 0.3) is 0 Å². The Kier molecular flexibility index (Phi) is 22.2. The van der Waals surface area contributed by atoms with E-state index in [0.29, 0.717) is 19.3 Å². The topological polar surface area (TPSA) is 120 Å². The van der Waals surface area contributed by atoms with Gasteiger partial charge in [-0.2, -0.15) is 0 Å². The van der Waals surface area contributed by atoms with Crippen LogP contribution in [0.3, 0.4) is 0 Å². The summed E-state index contributed by atoms with van der Waals surface area (Å²) in [6.45, 7) is 14.8. The van der Waals surface area contributed by atoms with E-state index < -0.39 is 17.9 Å². The van der Waals surface area contributed by atoms with Crippen molar-refractivity contribution >= 4 is 17.9 Å². The monoisotopic (exact) mass is 353 g/mol. The molecule has 0 fully saturated rings. The van der Waals surface area contributed by atoms with Crippen molar-refractivity contribution in [2.24, 2.45) is 0 Å². The molecule has 0 bridgehead atoms. The SMILES string of the molecule is C=C(CC)C(=O)[O-].C=C(CC)C(=O)[O-].C=C(CC)C(=O)[O-].[Fe+3]. The van der Waals surface area contributed by atoms with Gasteiger partial charge in [-0.05, 0) is 36.0 Å². The molecule has 0 aliphatic heterocycles. The van der Waals surface area contributed by atoms with Gasteiger partial charge in [-0.25, -0.2) is 0 Å². The fourth-order valence-electron chi connectivity index (χ4n) is 0.433. The van der Waals surface area contributed by atoms with Crippen molar-refractivity contribution in [3.05, 3.63) is 36.5 Å². The Morgan fingerprint density at radius 1 is 0.636 bits per heavy atom. The minimum absolute atomic E-state index is 0. The van der Waals surface area contributed by atoms with Crippen molar-refractivity contribution in [2.75, 3.05) is 0 Å². The molecule has 0 aromatic carbocycles. The minimum atomic E-state index is -1.15. The average Bonchev–Trinajstić information content (AvgIpc) is 2.45. The van der Waals surface area contributed by atoms with Crippen molar-refractivity contribution in [3.8, 4) is 0 Å². The van der Waals surface area contributed by atoms with Gasteiger partial charge in [0.25, 0.3) is 0 Å². The molecule has 0 heterocycles. The van der Waals surface area contributed by atoms with Crippen LogP contribution < -0.4 is 15.3 Å². The summed E-state index contributed by atoms with van der Waals surface area (Å²) < 4.78 is 0. The van der Waals surface area contributed by atoms with Gasteiger partial charge in [-0.1, -0.05) is 40.5 Å². The normalized spacial score (nSPS) is 7.77. The number of carboxylic acids is 3. The van der Waals surface area contributed by atoms with Crippen LogP contribution in [0.2, 0.25) is 0 Å². The van der Waals surface area contributed by atoms with Crippen molar-refractivity contribution < 1.29 is 46.8 Å². The van der Waals surface area contributed by atoms with E-state index in [4.69, 9.17) is 0 Å². The summed E-state index contributed by atoms with van der Waals surface area (Å²) in [5, 5.41) is 29.2. The maximum Gasteiger partial charge on any atom is 3.00 e. The number of carbonyl (C=O) groups is 3. The van der Waals surface area contributed by atoms with Crippen LogP contribution in [0.4, 0.5) is 0 Å². The molecular weight excluding hydrogens is 332 g/mol. The van der Waals surface area contributed by atoms with E-state index in [1.54, 1.807) is 20.8 Å². The molecular formula is C15H21FeO6. The molecule has 0 aromatic heterocycles. The van der Waals surface area contributed by atoms with E-state index in [1.807, 2.05) is 0 Å². The standard InChI is InChI=1S/3C5H8O2.Fe/c3*1-3-4(2)5(6)7;/h3*2-3H2,1H3,(H,6,7);/q;;;+3/p-3. The van der Waals surface area contributed by atoms with E-state index in [1.165, 1.54) is 0 Å². The number of carboxylic acid groups (broad SMARTS) is 3. The van der Waals surface area contributed by atoms with Gasteiger partial charge in [0, 0.05) is 0 Å². The first kappa shape index (κ1) is 28.3. The van der Waals surface area contributed by atoms with Crippen molar-refractivity contribution in [1.29, 1.82) is 0 Å². The molecule has 0 unspecified atom stereocenters. The molecule has 0 N–H and O–H groups in total. The first-order valence-corrected chi connectivity index (χ1v) is 6.22. The maximum absolute atomic E-state index is 9.72. The molecule has 0 atom stereocenters. The molecule has 0 rings (SSSR count). The third-order valence-electron chi connectivity index (χ3n) is 2.15. The second-order valence-electron chi connectivity index (χ2n) is 3.73. The molecule has 22 heavy (non-hydrogen) atoms. The summed E-state index contributed by atoms with van der Waals surface area (Å²) in [5.74, 6) is -3.45. The third-order valence-corrected chi connectivity index (χ3v) is 2.15. The maximum atomic E-state index is 9.72. The molecule has 0 saturated carbocycles. The molecule has 125 valence electrons. The van der Waals surface area contributed by atoms with E-state index in [2.05, 4.69) is 19.7 Å². The van der Waals surface area contributed by atoms with Crippen LogP contribution in [-0.2, 0) is 31.5 Å². The number of carbonyl (C=O) groups excluding carboxylic acids is 3. The van der Waals surface area contributed by atoms with Gasteiger partial charge in [-0.15, -0.1) is 0 Å². The predicted octanol–water partition coefficient (Wildman–Crippen LogP) is -0.895. The molecule has 0 aliphatic rings. The van der Waals surface area contributed by atoms with E-state index in [-0.39, 0.29) is 33.8 Å². The Bertz CT molecular complexity index is 350. The van der Waals surface area contributed by atoms with Crippen molar-refractivity contribution in [2.45, 2.75) is 40.0 Å². The van der Waals surface area contributed by atoms with Gasteiger partial charge in [-0.3, -0.25) is 0 Å². The van der Waals surface area contributed by atoms with Crippen LogP contribution in [0, 0.1) is 0 Å². The summed E-state index contributed by atoms with van der Waals surface area (Å²) in [6.07, 6.45) is 1.38. The molecule has 0 saturated heterocycles. The van der Waals surface area contributed by atoms with E-state index >= 15 is 0 Å². The fraction of sp³-hybridized carbons (Fsp3) is 0.400. The van der Waals surface area contributed by atoms with E-state index in [0.717, 1.165) is 0 Å². The Morgan fingerprint density at radius 3 is 0.773 bits per heavy atom.